The van der Waals surface area contributed by atoms with E-state index in [9.17, 15) is 0 Å². The average molecular weight is 413 g/mol. The van der Waals surface area contributed by atoms with E-state index >= 15 is 0 Å². The van der Waals surface area contributed by atoms with Crippen LogP contribution in [0.3, 0.4) is 0 Å². The first-order valence-corrected chi connectivity index (χ1v) is 10.9. The molecule has 1 aromatic carbocycles. The van der Waals surface area contributed by atoms with Crippen LogP contribution in [0.4, 0.5) is 0 Å². The van der Waals surface area contributed by atoms with Gasteiger partial charge in [0.1, 0.15) is 0 Å². The third-order valence-corrected chi connectivity index (χ3v) is 5.78. The first-order chi connectivity index (χ1) is 14.6. The fourth-order valence-corrected chi connectivity index (χ4v) is 4.01. The molecule has 0 atom stereocenters. The Morgan fingerprint density at radius 1 is 1.20 bits per heavy atom. The summed E-state index contributed by atoms with van der Waals surface area (Å²) in [5, 5.41) is 11.6. The van der Waals surface area contributed by atoms with Crippen LogP contribution in [0.25, 0.3) is 5.69 Å². The molecule has 7 nitrogen and oxygen atoms in total. The lowest BCUT2D eigenvalue weighted by molar-refractivity contribution is 0.121. The second-order valence-electron chi connectivity index (χ2n) is 8.05. The smallest absolute Gasteiger partial charge is 0.191 e. The summed E-state index contributed by atoms with van der Waals surface area (Å²) in [5.41, 5.74) is 4.47. The van der Waals surface area contributed by atoms with Crippen LogP contribution in [0.5, 0.6) is 0 Å². The quantitative estimate of drug-likeness (QED) is 0.515. The Balaban J connectivity index is 1.50. The fourth-order valence-electron chi connectivity index (χ4n) is 4.01. The van der Waals surface area contributed by atoms with Gasteiger partial charge in [0.15, 0.2) is 5.96 Å². The molecule has 1 aliphatic heterocycles. The number of hydrogen-bond donors (Lipinski definition) is 2. The number of benzene rings is 1. The first-order valence-electron chi connectivity index (χ1n) is 10.9. The van der Waals surface area contributed by atoms with Crippen LogP contribution in [0.2, 0.25) is 0 Å². The van der Waals surface area contributed by atoms with E-state index in [1.54, 1.807) is 7.11 Å². The summed E-state index contributed by atoms with van der Waals surface area (Å²) in [6.45, 7) is 9.92. The van der Waals surface area contributed by atoms with Gasteiger partial charge in [-0.3, -0.25) is 4.99 Å². The van der Waals surface area contributed by atoms with Crippen molar-refractivity contribution in [3.8, 4) is 5.69 Å². The molecule has 0 unspecified atom stereocenters. The van der Waals surface area contributed by atoms with Gasteiger partial charge in [-0.05, 0) is 63.4 Å². The molecule has 30 heavy (non-hydrogen) atoms. The van der Waals surface area contributed by atoms with Gasteiger partial charge in [0.05, 0.1) is 18.0 Å². The maximum atomic E-state index is 5.19. The van der Waals surface area contributed by atoms with Crippen LogP contribution in [0.1, 0.15) is 29.8 Å². The summed E-state index contributed by atoms with van der Waals surface area (Å²) in [6.07, 6.45) is 2.43. The zero-order chi connectivity index (χ0) is 21.3. The molecule has 1 saturated heterocycles. The van der Waals surface area contributed by atoms with Gasteiger partial charge >= 0.3 is 0 Å². The van der Waals surface area contributed by atoms with E-state index in [1.165, 1.54) is 18.4 Å². The van der Waals surface area contributed by atoms with Gasteiger partial charge in [-0.15, -0.1) is 0 Å². The highest BCUT2D eigenvalue weighted by molar-refractivity contribution is 5.79. The molecule has 0 spiro atoms. The van der Waals surface area contributed by atoms with Crippen molar-refractivity contribution in [2.24, 2.45) is 10.9 Å². The molecule has 2 N–H and O–H groups in total. The van der Waals surface area contributed by atoms with E-state index in [0.29, 0.717) is 12.5 Å². The number of rotatable bonds is 8. The molecule has 1 aromatic heterocycles. The van der Waals surface area contributed by atoms with Gasteiger partial charge in [-0.1, -0.05) is 18.2 Å². The van der Waals surface area contributed by atoms with E-state index in [-0.39, 0.29) is 0 Å². The number of aromatic nitrogens is 2. The van der Waals surface area contributed by atoms with Crippen LogP contribution in [0, 0.1) is 19.8 Å². The fraction of sp³-hybridized carbons (Fsp3) is 0.565. The van der Waals surface area contributed by atoms with Crippen LogP contribution in [-0.4, -0.2) is 67.6 Å². The van der Waals surface area contributed by atoms with Crippen molar-refractivity contribution in [3.05, 3.63) is 47.3 Å². The average Bonchev–Trinajstić information content (AvgIpc) is 3.11. The molecule has 1 aliphatic rings. The SMILES string of the molecule is CN=C(NCc1ccccc1-n1nc(C)cc1C)NCC1CCN(CCOC)CC1. The van der Waals surface area contributed by atoms with Gasteiger partial charge in [-0.25, -0.2) is 4.68 Å². The summed E-state index contributed by atoms with van der Waals surface area (Å²) in [7, 11) is 3.60. The number of likely N-dealkylation sites (tertiary alicyclic amines) is 1. The molecule has 0 amide bonds. The standard InChI is InChI=1S/C23H36N6O/c1-18-15-19(2)29(27-18)22-8-6-5-7-21(22)17-26-23(24-3)25-16-20-9-11-28(12-10-20)13-14-30-4/h5-8,15,20H,9-14,16-17H2,1-4H3,(H2,24,25,26). The highest BCUT2D eigenvalue weighted by Crippen LogP contribution is 2.17. The summed E-state index contributed by atoms with van der Waals surface area (Å²) in [4.78, 5) is 6.90. The Hall–Kier alpha value is -2.38. The van der Waals surface area contributed by atoms with E-state index in [2.05, 4.69) is 62.9 Å². The molecule has 0 aliphatic carbocycles. The van der Waals surface area contributed by atoms with E-state index in [1.807, 2.05) is 18.7 Å². The first kappa shape index (κ1) is 22.3. The summed E-state index contributed by atoms with van der Waals surface area (Å²) in [6, 6.07) is 10.5. The van der Waals surface area contributed by atoms with Crippen molar-refractivity contribution in [3.63, 3.8) is 0 Å². The molecule has 2 heterocycles. The van der Waals surface area contributed by atoms with Gasteiger partial charge in [0.25, 0.3) is 0 Å². The van der Waals surface area contributed by atoms with Crippen molar-refractivity contribution in [2.75, 3.05) is 46.9 Å². The minimum atomic E-state index is 0.685. The number of piperidine rings is 1. The number of para-hydroxylation sites is 1. The number of methoxy groups -OCH3 is 1. The Bertz CT molecular complexity index is 823. The number of ether oxygens (including phenoxy) is 1. The van der Waals surface area contributed by atoms with Crippen LogP contribution >= 0.6 is 0 Å². The van der Waals surface area contributed by atoms with Crippen LogP contribution in [-0.2, 0) is 11.3 Å². The third kappa shape index (κ3) is 6.06. The van der Waals surface area contributed by atoms with Crippen molar-refractivity contribution >= 4 is 5.96 Å². The molecule has 0 radical (unpaired) electrons. The van der Waals surface area contributed by atoms with Crippen molar-refractivity contribution < 1.29 is 4.74 Å². The van der Waals surface area contributed by atoms with Crippen molar-refractivity contribution in [2.45, 2.75) is 33.2 Å². The zero-order valence-electron chi connectivity index (χ0n) is 18.8. The molecule has 164 valence electrons. The minimum absolute atomic E-state index is 0.685. The van der Waals surface area contributed by atoms with Gasteiger partial charge in [-0.2, -0.15) is 5.10 Å². The topological polar surface area (TPSA) is 66.7 Å². The maximum absolute atomic E-state index is 5.19. The number of nitrogens with one attached hydrogen (secondary N) is 2. The summed E-state index contributed by atoms with van der Waals surface area (Å²) < 4.78 is 7.20. The second-order valence-corrected chi connectivity index (χ2v) is 8.05. The summed E-state index contributed by atoms with van der Waals surface area (Å²) in [5.74, 6) is 1.53. The molecular formula is C23H36N6O. The van der Waals surface area contributed by atoms with Gasteiger partial charge in [0, 0.05) is 39.5 Å². The molecule has 3 rings (SSSR count). The molecule has 0 bridgehead atoms. The van der Waals surface area contributed by atoms with Crippen LogP contribution < -0.4 is 10.6 Å². The minimum Gasteiger partial charge on any atom is -0.383 e. The van der Waals surface area contributed by atoms with Crippen molar-refractivity contribution in [1.29, 1.82) is 0 Å². The Morgan fingerprint density at radius 3 is 2.63 bits per heavy atom. The number of aryl methyl sites for hydroxylation is 2. The largest absolute Gasteiger partial charge is 0.383 e. The maximum Gasteiger partial charge on any atom is 0.191 e. The number of nitrogens with zero attached hydrogens (tertiary/aromatic N) is 4. The van der Waals surface area contributed by atoms with Gasteiger partial charge < -0.3 is 20.3 Å². The van der Waals surface area contributed by atoms with E-state index in [4.69, 9.17) is 4.74 Å². The van der Waals surface area contributed by atoms with Crippen LogP contribution in [0.15, 0.2) is 35.3 Å². The second kappa shape index (κ2) is 11.1. The Morgan fingerprint density at radius 2 is 1.97 bits per heavy atom. The Kier molecular flexibility index (Phi) is 8.28. The lowest BCUT2D eigenvalue weighted by atomic mass is 9.97. The lowest BCUT2D eigenvalue weighted by Crippen LogP contribution is -2.43. The number of hydrogen-bond acceptors (Lipinski definition) is 4. The molecule has 7 heteroatoms. The normalized spacial score (nSPS) is 16.1. The summed E-state index contributed by atoms with van der Waals surface area (Å²) >= 11 is 0. The van der Waals surface area contributed by atoms with Gasteiger partial charge in [0.2, 0.25) is 0 Å². The lowest BCUT2D eigenvalue weighted by Gasteiger charge is -2.32. The monoisotopic (exact) mass is 412 g/mol. The third-order valence-electron chi connectivity index (χ3n) is 5.78. The highest BCUT2D eigenvalue weighted by Gasteiger charge is 2.19. The predicted octanol–water partition coefficient (Wildman–Crippen LogP) is 2.51. The molecule has 2 aromatic rings. The van der Waals surface area contributed by atoms with E-state index < -0.39 is 0 Å². The van der Waals surface area contributed by atoms with Crippen molar-refractivity contribution in [1.82, 2.24) is 25.3 Å². The number of aliphatic imine (C=N–C) groups is 1. The molecule has 0 saturated carbocycles. The predicted molar refractivity (Wildman–Crippen MR) is 122 cm³/mol. The number of guanidine groups is 1. The Labute approximate surface area is 180 Å². The van der Waals surface area contributed by atoms with E-state index in [0.717, 1.165) is 55.8 Å². The molecular weight excluding hydrogens is 376 g/mol. The zero-order valence-corrected chi connectivity index (χ0v) is 18.8. The highest BCUT2D eigenvalue weighted by atomic mass is 16.5. The molecule has 1 fully saturated rings.